The molecule has 3 rings (SSSR count). The molecule has 1 nitrogen and oxygen atoms in total. The number of para-hydroxylation sites is 1. The summed E-state index contributed by atoms with van der Waals surface area (Å²) in [5.41, 5.74) is 3.98. The Morgan fingerprint density at radius 3 is 2.50 bits per heavy atom. The van der Waals surface area contributed by atoms with Crippen molar-refractivity contribution in [3.63, 3.8) is 0 Å². The zero-order valence-electron chi connectivity index (χ0n) is 10.6. The van der Waals surface area contributed by atoms with Crippen LogP contribution in [-0.4, -0.2) is 6.21 Å². The Kier molecular flexibility index (Phi) is 2.75. The smallest absolute Gasteiger partial charge is 0.0667 e. The van der Waals surface area contributed by atoms with Gasteiger partial charge in [0.25, 0.3) is 0 Å². The SMILES string of the molecule is CC1(CCc2ccccc2)C=Nc2ccccc21. The highest BCUT2D eigenvalue weighted by Gasteiger charge is 2.30. The zero-order valence-corrected chi connectivity index (χ0v) is 10.6. The molecule has 1 atom stereocenters. The molecular formula is C17H17N. The molecule has 0 aromatic heterocycles. The van der Waals surface area contributed by atoms with Crippen molar-refractivity contribution < 1.29 is 0 Å². The van der Waals surface area contributed by atoms with Crippen LogP contribution in [0.2, 0.25) is 0 Å². The average Bonchev–Trinajstić information content (AvgIpc) is 2.77. The molecule has 0 bridgehead atoms. The fourth-order valence-corrected chi connectivity index (χ4v) is 2.60. The molecule has 0 saturated carbocycles. The number of benzene rings is 2. The molecule has 1 aliphatic rings. The summed E-state index contributed by atoms with van der Waals surface area (Å²) in [4.78, 5) is 4.54. The Morgan fingerprint density at radius 2 is 1.67 bits per heavy atom. The molecule has 90 valence electrons. The van der Waals surface area contributed by atoms with Crippen molar-refractivity contribution in [2.24, 2.45) is 4.99 Å². The van der Waals surface area contributed by atoms with E-state index in [-0.39, 0.29) is 5.41 Å². The highest BCUT2D eigenvalue weighted by Crippen LogP contribution is 2.39. The van der Waals surface area contributed by atoms with E-state index in [1.54, 1.807) is 0 Å². The number of fused-ring (bicyclic) bond motifs is 1. The van der Waals surface area contributed by atoms with Crippen LogP contribution in [0.5, 0.6) is 0 Å². The first-order valence-corrected chi connectivity index (χ1v) is 6.47. The minimum absolute atomic E-state index is 0.0897. The van der Waals surface area contributed by atoms with Gasteiger partial charge in [-0.3, -0.25) is 4.99 Å². The van der Waals surface area contributed by atoms with E-state index in [0.29, 0.717) is 0 Å². The molecule has 2 aromatic rings. The monoisotopic (exact) mass is 235 g/mol. The largest absolute Gasteiger partial charge is 0.260 e. The molecule has 18 heavy (non-hydrogen) atoms. The number of nitrogens with zero attached hydrogens (tertiary/aromatic N) is 1. The fourth-order valence-electron chi connectivity index (χ4n) is 2.60. The lowest BCUT2D eigenvalue weighted by Crippen LogP contribution is -2.21. The van der Waals surface area contributed by atoms with Gasteiger partial charge in [0, 0.05) is 11.6 Å². The van der Waals surface area contributed by atoms with Gasteiger partial charge in [-0.1, -0.05) is 55.5 Å². The standard InChI is InChI=1S/C17H17N/c1-17(12-11-14-7-3-2-4-8-14)13-18-16-10-6-5-9-15(16)17/h2-10,13H,11-12H2,1H3. The molecule has 0 fully saturated rings. The maximum absolute atomic E-state index is 4.54. The second-order valence-corrected chi connectivity index (χ2v) is 5.18. The molecule has 2 aromatic carbocycles. The van der Waals surface area contributed by atoms with Crippen LogP contribution in [0.15, 0.2) is 59.6 Å². The van der Waals surface area contributed by atoms with Gasteiger partial charge in [0.2, 0.25) is 0 Å². The van der Waals surface area contributed by atoms with E-state index in [1.807, 2.05) is 0 Å². The fraction of sp³-hybridized carbons (Fsp3) is 0.235. The van der Waals surface area contributed by atoms with E-state index in [9.17, 15) is 0 Å². The second-order valence-electron chi connectivity index (χ2n) is 5.18. The van der Waals surface area contributed by atoms with Gasteiger partial charge in [-0.15, -0.1) is 0 Å². The van der Waals surface area contributed by atoms with Gasteiger partial charge in [-0.2, -0.15) is 0 Å². The normalized spacial score (nSPS) is 20.9. The van der Waals surface area contributed by atoms with Crippen LogP contribution < -0.4 is 0 Å². The van der Waals surface area contributed by atoms with Crippen molar-refractivity contribution in [3.05, 3.63) is 65.7 Å². The topological polar surface area (TPSA) is 12.4 Å². The van der Waals surface area contributed by atoms with Gasteiger partial charge in [0.05, 0.1) is 5.69 Å². The molecule has 0 N–H and O–H groups in total. The van der Waals surface area contributed by atoms with E-state index in [4.69, 9.17) is 0 Å². The molecular weight excluding hydrogens is 218 g/mol. The van der Waals surface area contributed by atoms with Crippen LogP contribution in [0.25, 0.3) is 0 Å². The third kappa shape index (κ3) is 1.97. The van der Waals surface area contributed by atoms with Gasteiger partial charge in [0.1, 0.15) is 0 Å². The molecule has 1 aliphatic heterocycles. The van der Waals surface area contributed by atoms with Crippen molar-refractivity contribution in [3.8, 4) is 0 Å². The van der Waals surface area contributed by atoms with Crippen LogP contribution in [0, 0.1) is 0 Å². The van der Waals surface area contributed by atoms with Gasteiger partial charge < -0.3 is 0 Å². The number of hydrogen-bond donors (Lipinski definition) is 0. The van der Waals surface area contributed by atoms with Crippen molar-refractivity contribution >= 4 is 11.9 Å². The minimum atomic E-state index is 0.0897. The lowest BCUT2D eigenvalue weighted by molar-refractivity contribution is 0.597. The Hall–Kier alpha value is -1.89. The number of aryl methyl sites for hydroxylation is 1. The maximum Gasteiger partial charge on any atom is 0.0667 e. The summed E-state index contributed by atoms with van der Waals surface area (Å²) >= 11 is 0. The number of hydrogen-bond acceptors (Lipinski definition) is 1. The van der Waals surface area contributed by atoms with E-state index in [2.05, 4.69) is 72.7 Å². The van der Waals surface area contributed by atoms with Crippen LogP contribution >= 0.6 is 0 Å². The molecule has 0 aliphatic carbocycles. The molecule has 0 saturated heterocycles. The summed E-state index contributed by atoms with van der Waals surface area (Å²) in [6.07, 6.45) is 4.32. The third-order valence-electron chi connectivity index (χ3n) is 3.78. The van der Waals surface area contributed by atoms with Crippen LogP contribution in [-0.2, 0) is 11.8 Å². The van der Waals surface area contributed by atoms with E-state index in [0.717, 1.165) is 18.5 Å². The van der Waals surface area contributed by atoms with Gasteiger partial charge in [-0.05, 0) is 30.0 Å². The van der Waals surface area contributed by atoms with E-state index < -0.39 is 0 Å². The Bertz CT molecular complexity index is 571. The average molecular weight is 235 g/mol. The molecule has 1 unspecified atom stereocenters. The second kappa shape index (κ2) is 4.41. The van der Waals surface area contributed by atoms with E-state index >= 15 is 0 Å². The Labute approximate surface area is 108 Å². The highest BCUT2D eigenvalue weighted by molar-refractivity contribution is 5.84. The molecule has 0 radical (unpaired) electrons. The predicted molar refractivity (Wildman–Crippen MR) is 76.7 cm³/mol. The van der Waals surface area contributed by atoms with Crippen molar-refractivity contribution in [1.82, 2.24) is 0 Å². The highest BCUT2D eigenvalue weighted by atomic mass is 14.8. The van der Waals surface area contributed by atoms with Gasteiger partial charge >= 0.3 is 0 Å². The summed E-state index contributed by atoms with van der Waals surface area (Å²) in [5.74, 6) is 0. The maximum atomic E-state index is 4.54. The number of rotatable bonds is 3. The summed E-state index contributed by atoms with van der Waals surface area (Å²) in [6, 6.07) is 19.1. The summed E-state index contributed by atoms with van der Waals surface area (Å²) in [6.45, 7) is 2.28. The Balaban J connectivity index is 1.80. The molecule has 0 spiro atoms. The summed E-state index contributed by atoms with van der Waals surface area (Å²) in [5, 5.41) is 0. The zero-order chi connectivity index (χ0) is 12.4. The lowest BCUT2D eigenvalue weighted by Gasteiger charge is -2.22. The van der Waals surface area contributed by atoms with Gasteiger partial charge in [0.15, 0.2) is 0 Å². The lowest BCUT2D eigenvalue weighted by atomic mass is 9.80. The van der Waals surface area contributed by atoms with Crippen LogP contribution in [0.1, 0.15) is 24.5 Å². The first-order chi connectivity index (χ1) is 8.78. The summed E-state index contributed by atoms with van der Waals surface area (Å²) < 4.78 is 0. The van der Waals surface area contributed by atoms with Crippen molar-refractivity contribution in [2.75, 3.05) is 0 Å². The van der Waals surface area contributed by atoms with Crippen LogP contribution in [0.3, 0.4) is 0 Å². The van der Waals surface area contributed by atoms with Crippen molar-refractivity contribution in [1.29, 1.82) is 0 Å². The van der Waals surface area contributed by atoms with Crippen molar-refractivity contribution in [2.45, 2.75) is 25.2 Å². The quantitative estimate of drug-likeness (QED) is 0.752. The first-order valence-electron chi connectivity index (χ1n) is 6.47. The van der Waals surface area contributed by atoms with Crippen LogP contribution in [0.4, 0.5) is 5.69 Å². The van der Waals surface area contributed by atoms with E-state index in [1.165, 1.54) is 11.1 Å². The first kappa shape index (κ1) is 11.2. The molecule has 1 heterocycles. The van der Waals surface area contributed by atoms with Gasteiger partial charge in [-0.25, -0.2) is 0 Å². The number of aliphatic imine (C=N–C) groups is 1. The summed E-state index contributed by atoms with van der Waals surface area (Å²) in [7, 11) is 0. The minimum Gasteiger partial charge on any atom is -0.260 e. The third-order valence-corrected chi connectivity index (χ3v) is 3.78. The Morgan fingerprint density at radius 1 is 0.944 bits per heavy atom. The predicted octanol–water partition coefficient (Wildman–Crippen LogP) is 4.29. The molecule has 1 heteroatoms. The molecule has 0 amide bonds.